The fourth-order valence-electron chi connectivity index (χ4n) is 3.62. The Kier molecular flexibility index (Phi) is 3.92. The van der Waals surface area contributed by atoms with E-state index in [0.717, 1.165) is 32.2 Å². The molecule has 3 aliphatic rings. The molecule has 117 valence electrons. The minimum atomic E-state index is -1.10. The molecule has 1 saturated carbocycles. The minimum absolute atomic E-state index is 0.0773. The van der Waals surface area contributed by atoms with Gasteiger partial charge in [-0.25, -0.2) is 5.11 Å². The monoisotopic (exact) mass is 294 g/mol. The third-order valence-electron chi connectivity index (χ3n) is 5.19. The maximum Gasteiger partial charge on any atom is 0.245 e. The van der Waals surface area contributed by atoms with Crippen LogP contribution in [-0.2, 0) is 14.7 Å². The first-order chi connectivity index (χ1) is 10.0. The molecular weight excluding hydrogens is 270 g/mol. The standard InChI is InChI=1S/C15H24N3O3/c1-10(19)12(13(20)16-8-11-4-2-5-11)18-9-15(14(18)21)6-3-7-17-15/h10-12,17H,2-9H2,1H3,(H,16,20)/t10-,12+,15?/m1/s1. The maximum absolute atomic E-state index is 12.4. The topological polar surface area (TPSA) is 81.3 Å². The number of carbonyl (C=O) groups excluding carboxylic acids is 2. The lowest BCUT2D eigenvalue weighted by Crippen LogP contribution is -2.76. The van der Waals surface area contributed by atoms with E-state index in [9.17, 15) is 14.7 Å². The lowest BCUT2D eigenvalue weighted by atomic mass is 9.84. The number of nitrogens with zero attached hydrogens (tertiary/aromatic N) is 1. The molecule has 2 amide bonds. The first-order valence-electron chi connectivity index (χ1n) is 8.03. The Bertz CT molecular complexity index is 428. The van der Waals surface area contributed by atoms with Crippen LogP contribution in [-0.4, -0.2) is 54.0 Å². The molecule has 1 aliphatic carbocycles. The van der Waals surface area contributed by atoms with Gasteiger partial charge in [-0.15, -0.1) is 0 Å². The van der Waals surface area contributed by atoms with Crippen molar-refractivity contribution in [1.82, 2.24) is 15.5 Å². The van der Waals surface area contributed by atoms with Gasteiger partial charge in [-0.2, -0.15) is 0 Å². The van der Waals surface area contributed by atoms with Crippen molar-refractivity contribution in [1.29, 1.82) is 0 Å². The molecular formula is C15H24N3O3. The number of amides is 2. The van der Waals surface area contributed by atoms with Gasteiger partial charge < -0.3 is 15.5 Å². The molecule has 3 rings (SSSR count). The first-order valence-corrected chi connectivity index (χ1v) is 8.03. The average Bonchev–Trinajstić information content (AvgIpc) is 2.87. The molecule has 1 radical (unpaired) electrons. The summed E-state index contributed by atoms with van der Waals surface area (Å²) in [6.07, 6.45) is 4.20. The largest absolute Gasteiger partial charge is 0.354 e. The quantitative estimate of drug-likeness (QED) is 0.703. The van der Waals surface area contributed by atoms with Crippen LogP contribution in [0.3, 0.4) is 0 Å². The van der Waals surface area contributed by atoms with Crippen LogP contribution in [0.2, 0.25) is 0 Å². The molecule has 1 unspecified atom stereocenters. The van der Waals surface area contributed by atoms with E-state index >= 15 is 0 Å². The molecule has 2 heterocycles. The van der Waals surface area contributed by atoms with E-state index in [0.29, 0.717) is 19.0 Å². The highest BCUT2D eigenvalue weighted by molar-refractivity contribution is 5.97. The number of likely N-dealkylation sites (tertiary alicyclic amines) is 1. The minimum Gasteiger partial charge on any atom is -0.354 e. The van der Waals surface area contributed by atoms with Crippen LogP contribution in [0, 0.1) is 5.92 Å². The van der Waals surface area contributed by atoms with Gasteiger partial charge in [0.25, 0.3) is 0 Å². The van der Waals surface area contributed by atoms with Gasteiger partial charge in [0.15, 0.2) is 0 Å². The second kappa shape index (κ2) is 5.57. The predicted octanol–water partition coefficient (Wildman–Crippen LogP) is 0.0547. The van der Waals surface area contributed by atoms with Crippen LogP contribution < -0.4 is 10.6 Å². The molecule has 21 heavy (non-hydrogen) atoms. The smallest absolute Gasteiger partial charge is 0.245 e. The summed E-state index contributed by atoms with van der Waals surface area (Å²) in [5.74, 6) is 0.184. The maximum atomic E-state index is 12.4. The van der Waals surface area contributed by atoms with Crippen LogP contribution in [0.5, 0.6) is 0 Å². The van der Waals surface area contributed by atoms with Gasteiger partial charge in [-0.3, -0.25) is 9.59 Å². The zero-order chi connectivity index (χ0) is 15.0. The van der Waals surface area contributed by atoms with E-state index in [1.165, 1.54) is 18.2 Å². The molecule has 6 heteroatoms. The summed E-state index contributed by atoms with van der Waals surface area (Å²) < 4.78 is 0. The summed E-state index contributed by atoms with van der Waals surface area (Å²) in [6, 6.07) is -0.870. The van der Waals surface area contributed by atoms with Gasteiger partial charge in [-0.05, 0) is 45.1 Å². The van der Waals surface area contributed by atoms with Gasteiger partial charge in [0.2, 0.25) is 11.8 Å². The molecule has 3 atom stereocenters. The average molecular weight is 294 g/mol. The number of rotatable bonds is 5. The summed E-state index contributed by atoms with van der Waals surface area (Å²) >= 11 is 0. The van der Waals surface area contributed by atoms with Crippen molar-refractivity contribution in [3.05, 3.63) is 0 Å². The van der Waals surface area contributed by atoms with E-state index in [2.05, 4.69) is 10.6 Å². The number of carbonyl (C=O) groups is 2. The summed E-state index contributed by atoms with van der Waals surface area (Å²) in [7, 11) is 0. The van der Waals surface area contributed by atoms with Crippen molar-refractivity contribution in [2.24, 2.45) is 5.92 Å². The molecule has 0 aromatic rings. The van der Waals surface area contributed by atoms with Crippen LogP contribution in [0.1, 0.15) is 39.0 Å². The zero-order valence-corrected chi connectivity index (χ0v) is 12.6. The molecule has 2 N–H and O–H groups in total. The fraction of sp³-hybridized carbons (Fsp3) is 0.867. The third kappa shape index (κ3) is 2.55. The lowest BCUT2D eigenvalue weighted by Gasteiger charge is -2.50. The molecule has 0 bridgehead atoms. The third-order valence-corrected chi connectivity index (χ3v) is 5.19. The molecule has 6 nitrogen and oxygen atoms in total. The Hall–Kier alpha value is -1.14. The Balaban J connectivity index is 1.59. The van der Waals surface area contributed by atoms with Crippen LogP contribution in [0.15, 0.2) is 0 Å². The number of hydrogen-bond acceptors (Lipinski definition) is 3. The van der Waals surface area contributed by atoms with Crippen molar-refractivity contribution in [3.8, 4) is 0 Å². The van der Waals surface area contributed by atoms with E-state index in [4.69, 9.17) is 0 Å². The fourth-order valence-corrected chi connectivity index (χ4v) is 3.62. The van der Waals surface area contributed by atoms with Crippen LogP contribution in [0.4, 0.5) is 0 Å². The van der Waals surface area contributed by atoms with Gasteiger partial charge in [0, 0.05) is 13.1 Å². The summed E-state index contributed by atoms with van der Waals surface area (Å²) in [6.45, 7) is 3.42. The van der Waals surface area contributed by atoms with E-state index in [1.807, 2.05) is 0 Å². The van der Waals surface area contributed by atoms with Crippen molar-refractivity contribution in [2.45, 2.75) is 56.7 Å². The van der Waals surface area contributed by atoms with Gasteiger partial charge in [0.1, 0.15) is 17.7 Å². The molecule has 2 aliphatic heterocycles. The lowest BCUT2D eigenvalue weighted by molar-refractivity contribution is -0.166. The first kappa shape index (κ1) is 14.8. The summed E-state index contributed by atoms with van der Waals surface area (Å²) in [5.41, 5.74) is -0.485. The summed E-state index contributed by atoms with van der Waals surface area (Å²) in [4.78, 5) is 26.1. The highest BCUT2D eigenvalue weighted by Gasteiger charge is 2.57. The van der Waals surface area contributed by atoms with Crippen molar-refractivity contribution in [2.75, 3.05) is 19.6 Å². The number of hydrogen-bond donors (Lipinski definition) is 2. The number of nitrogens with one attached hydrogen (secondary N) is 2. The molecule has 0 aromatic heterocycles. The van der Waals surface area contributed by atoms with Crippen LogP contribution in [0.25, 0.3) is 0 Å². The normalized spacial score (nSPS) is 31.7. The van der Waals surface area contributed by atoms with Crippen molar-refractivity contribution in [3.63, 3.8) is 0 Å². The van der Waals surface area contributed by atoms with Crippen molar-refractivity contribution >= 4 is 11.8 Å². The Morgan fingerprint density at radius 2 is 2.24 bits per heavy atom. The summed E-state index contributed by atoms with van der Waals surface area (Å²) in [5, 5.41) is 18.0. The molecule has 3 fully saturated rings. The van der Waals surface area contributed by atoms with Gasteiger partial charge in [-0.1, -0.05) is 6.42 Å². The van der Waals surface area contributed by atoms with Gasteiger partial charge in [0.05, 0.1) is 0 Å². The second-order valence-corrected chi connectivity index (χ2v) is 6.74. The van der Waals surface area contributed by atoms with E-state index < -0.39 is 17.7 Å². The van der Waals surface area contributed by atoms with Crippen LogP contribution >= 0.6 is 0 Å². The highest BCUT2D eigenvalue weighted by Crippen LogP contribution is 2.33. The van der Waals surface area contributed by atoms with E-state index in [-0.39, 0.29) is 11.8 Å². The predicted molar refractivity (Wildman–Crippen MR) is 76.0 cm³/mol. The highest BCUT2D eigenvalue weighted by atomic mass is 16.3. The SMILES string of the molecule is C[C@@H]([O])[C@@H](C(=O)NCC1CCC1)N1CC2(CCCN2)C1=O. The van der Waals surface area contributed by atoms with E-state index in [1.54, 1.807) is 0 Å². The Morgan fingerprint density at radius 1 is 1.48 bits per heavy atom. The number of β-lactam (4-membered cyclic amide) rings is 1. The Labute approximate surface area is 125 Å². The zero-order valence-electron chi connectivity index (χ0n) is 12.6. The second-order valence-electron chi connectivity index (χ2n) is 6.74. The van der Waals surface area contributed by atoms with Gasteiger partial charge >= 0.3 is 0 Å². The molecule has 2 saturated heterocycles. The molecule has 1 spiro atoms. The van der Waals surface area contributed by atoms with Crippen molar-refractivity contribution < 1.29 is 14.7 Å². The molecule has 0 aromatic carbocycles. The Morgan fingerprint density at radius 3 is 2.71 bits per heavy atom.